The number of carbonyl (C=O) groups excluding carboxylic acids is 3. The Kier molecular flexibility index (Phi) is 7.90. The number of anilines is 2. The van der Waals surface area contributed by atoms with E-state index in [4.69, 9.17) is 4.74 Å². The molecular formula is C33H39N3O5. The van der Waals surface area contributed by atoms with Crippen LogP contribution in [0.5, 0.6) is 0 Å². The first-order valence-electron chi connectivity index (χ1n) is 14.3. The Balaban J connectivity index is 1.59. The van der Waals surface area contributed by atoms with E-state index in [0.717, 1.165) is 16.8 Å². The summed E-state index contributed by atoms with van der Waals surface area (Å²) in [5.74, 6) is -2.43. The van der Waals surface area contributed by atoms with Gasteiger partial charge in [0, 0.05) is 24.5 Å². The molecule has 8 nitrogen and oxygen atoms in total. The van der Waals surface area contributed by atoms with Gasteiger partial charge in [0.2, 0.25) is 11.8 Å². The first-order valence-corrected chi connectivity index (χ1v) is 14.3. The molecule has 2 aromatic rings. The number of rotatable bonds is 10. The smallest absolute Gasteiger partial charge is 0.253 e. The van der Waals surface area contributed by atoms with E-state index >= 15 is 0 Å². The van der Waals surface area contributed by atoms with E-state index in [1.807, 2.05) is 62.4 Å². The van der Waals surface area contributed by atoms with E-state index in [2.05, 4.69) is 13.2 Å². The van der Waals surface area contributed by atoms with Gasteiger partial charge in [0.05, 0.1) is 30.6 Å². The summed E-state index contributed by atoms with van der Waals surface area (Å²) in [7, 11) is 0. The summed E-state index contributed by atoms with van der Waals surface area (Å²) in [6.45, 7) is 13.5. The molecule has 2 bridgehead atoms. The van der Waals surface area contributed by atoms with Gasteiger partial charge in [0.15, 0.2) is 0 Å². The second-order valence-electron chi connectivity index (χ2n) is 11.4. The third kappa shape index (κ3) is 4.59. The van der Waals surface area contributed by atoms with Crippen LogP contribution in [-0.4, -0.2) is 71.2 Å². The fourth-order valence-corrected chi connectivity index (χ4v) is 7.05. The number of benzene rings is 2. The van der Waals surface area contributed by atoms with Crippen LogP contribution >= 0.6 is 0 Å². The Labute approximate surface area is 241 Å². The van der Waals surface area contributed by atoms with E-state index in [0.29, 0.717) is 18.5 Å². The highest BCUT2D eigenvalue weighted by Gasteiger charge is 2.75. The Morgan fingerprint density at radius 1 is 1.10 bits per heavy atom. The van der Waals surface area contributed by atoms with Crippen molar-refractivity contribution in [3.05, 3.63) is 85.0 Å². The molecular weight excluding hydrogens is 518 g/mol. The summed E-state index contributed by atoms with van der Waals surface area (Å²) in [5, 5.41) is 10.2. The fourth-order valence-electron chi connectivity index (χ4n) is 7.05. The van der Waals surface area contributed by atoms with Crippen molar-refractivity contribution in [2.75, 3.05) is 29.5 Å². The van der Waals surface area contributed by atoms with Gasteiger partial charge in [0.25, 0.3) is 5.91 Å². The lowest BCUT2D eigenvalue weighted by Gasteiger charge is -2.38. The number of fused-ring (bicyclic) bond motifs is 1. The normalized spacial score (nSPS) is 26.9. The van der Waals surface area contributed by atoms with Crippen molar-refractivity contribution in [3.63, 3.8) is 0 Å². The van der Waals surface area contributed by atoms with Crippen LogP contribution in [0.2, 0.25) is 0 Å². The molecule has 0 aliphatic carbocycles. The molecule has 5 rings (SSSR count). The predicted octanol–water partition coefficient (Wildman–Crippen LogP) is 3.80. The third-order valence-electron chi connectivity index (χ3n) is 8.87. The maximum atomic E-state index is 14.6. The summed E-state index contributed by atoms with van der Waals surface area (Å²) < 4.78 is 6.64. The molecule has 0 saturated carbocycles. The predicted molar refractivity (Wildman–Crippen MR) is 158 cm³/mol. The molecule has 3 aliphatic rings. The van der Waals surface area contributed by atoms with Crippen molar-refractivity contribution in [1.29, 1.82) is 0 Å². The molecule has 2 aromatic carbocycles. The zero-order valence-corrected chi connectivity index (χ0v) is 24.0. The number of likely N-dealkylation sites (tertiary alicyclic amines) is 1. The van der Waals surface area contributed by atoms with Crippen molar-refractivity contribution in [1.82, 2.24) is 4.90 Å². The summed E-state index contributed by atoms with van der Waals surface area (Å²) >= 11 is 0. The molecule has 3 aliphatic heterocycles. The number of carbonyl (C=O) groups is 3. The number of hydrogen-bond donors (Lipinski definition) is 1. The third-order valence-corrected chi connectivity index (χ3v) is 8.87. The average molecular weight is 558 g/mol. The molecule has 216 valence electrons. The van der Waals surface area contributed by atoms with Crippen LogP contribution in [0.15, 0.2) is 73.8 Å². The number of aliphatic hydroxyl groups is 1. The Hall–Kier alpha value is -3.75. The van der Waals surface area contributed by atoms with Gasteiger partial charge in [0.1, 0.15) is 11.6 Å². The van der Waals surface area contributed by atoms with Crippen LogP contribution in [0.1, 0.15) is 30.9 Å². The SMILES string of the molecule is C=CCN(C(=O)[C@@H]1[C@@H]2CCC3(O2)C(C(=O)N(CC=C)c2cc(C)ccc2C)N([C@H](C)CO)C(=O)[C@H]13)c1ccccc1. The van der Waals surface area contributed by atoms with Crippen LogP contribution in [0.25, 0.3) is 0 Å². The van der Waals surface area contributed by atoms with E-state index in [1.54, 1.807) is 28.9 Å². The molecule has 1 spiro atoms. The minimum absolute atomic E-state index is 0.219. The molecule has 1 N–H and O–H groups in total. The number of aryl methyl sites for hydroxylation is 2. The lowest BCUT2D eigenvalue weighted by Crippen LogP contribution is -2.58. The van der Waals surface area contributed by atoms with Crippen LogP contribution in [0.3, 0.4) is 0 Å². The van der Waals surface area contributed by atoms with E-state index < -0.39 is 35.6 Å². The van der Waals surface area contributed by atoms with Crippen LogP contribution < -0.4 is 9.80 Å². The summed E-state index contributed by atoms with van der Waals surface area (Å²) in [6.07, 6.45) is 3.88. The molecule has 3 amide bonds. The van der Waals surface area contributed by atoms with Crippen molar-refractivity contribution in [2.24, 2.45) is 11.8 Å². The molecule has 0 radical (unpaired) electrons. The highest BCUT2D eigenvalue weighted by Crippen LogP contribution is 2.59. The van der Waals surface area contributed by atoms with Gasteiger partial charge in [-0.25, -0.2) is 0 Å². The summed E-state index contributed by atoms with van der Waals surface area (Å²) in [6, 6.07) is 13.6. The molecule has 3 saturated heterocycles. The Morgan fingerprint density at radius 3 is 2.44 bits per heavy atom. The average Bonchev–Trinajstić information content (AvgIpc) is 3.62. The standard InChI is InChI=1S/C33H39N3O5/c1-6-17-34(24-11-9-8-10-12-24)30(38)27-26-15-16-33(41-26)28(27)31(39)36(23(5)20-37)29(33)32(40)35(18-7-2)25-19-21(3)13-14-22(25)4/h6-14,19,23,26-29,37H,1-2,15-18,20H2,3-5H3/t23-,26+,27-,28+,29?,33?/m1/s1. The second kappa shape index (κ2) is 11.3. The lowest BCUT2D eigenvalue weighted by atomic mass is 9.70. The fraction of sp³-hybridized carbons (Fsp3) is 0.424. The first-order chi connectivity index (χ1) is 19.7. The maximum absolute atomic E-state index is 14.6. The highest BCUT2D eigenvalue weighted by atomic mass is 16.5. The van der Waals surface area contributed by atoms with Crippen molar-refractivity contribution < 1.29 is 24.2 Å². The Morgan fingerprint density at radius 2 is 1.78 bits per heavy atom. The number of nitrogens with zero attached hydrogens (tertiary/aromatic N) is 3. The van der Waals surface area contributed by atoms with E-state index in [9.17, 15) is 19.5 Å². The monoisotopic (exact) mass is 557 g/mol. The van der Waals surface area contributed by atoms with Crippen molar-refractivity contribution in [2.45, 2.75) is 57.4 Å². The van der Waals surface area contributed by atoms with Gasteiger partial charge >= 0.3 is 0 Å². The minimum atomic E-state index is -1.17. The molecule has 41 heavy (non-hydrogen) atoms. The number of para-hydroxylation sites is 1. The first kappa shape index (κ1) is 28.8. The minimum Gasteiger partial charge on any atom is -0.394 e. The molecule has 3 fully saturated rings. The van der Waals surface area contributed by atoms with Gasteiger partial charge in [-0.2, -0.15) is 0 Å². The highest BCUT2D eigenvalue weighted by molar-refractivity contribution is 6.07. The zero-order valence-electron chi connectivity index (χ0n) is 24.0. The van der Waals surface area contributed by atoms with Gasteiger partial charge in [-0.15, -0.1) is 13.2 Å². The van der Waals surface area contributed by atoms with Gasteiger partial charge in [-0.3, -0.25) is 14.4 Å². The quantitative estimate of drug-likeness (QED) is 0.449. The topological polar surface area (TPSA) is 90.4 Å². The van der Waals surface area contributed by atoms with E-state index in [1.165, 1.54) is 4.90 Å². The van der Waals surface area contributed by atoms with Crippen molar-refractivity contribution in [3.8, 4) is 0 Å². The number of aliphatic hydroxyl groups excluding tert-OH is 1. The van der Waals surface area contributed by atoms with Gasteiger partial charge in [-0.05, 0) is 62.9 Å². The largest absolute Gasteiger partial charge is 0.394 e. The van der Waals surface area contributed by atoms with Gasteiger partial charge < -0.3 is 24.5 Å². The summed E-state index contributed by atoms with van der Waals surface area (Å²) in [5.41, 5.74) is 2.19. The number of amides is 3. The van der Waals surface area contributed by atoms with Gasteiger partial charge in [-0.1, -0.05) is 42.5 Å². The number of ether oxygens (including phenoxy) is 1. The summed E-state index contributed by atoms with van der Waals surface area (Å²) in [4.78, 5) is 48.0. The Bertz CT molecular complexity index is 1360. The zero-order chi connectivity index (χ0) is 29.5. The maximum Gasteiger partial charge on any atom is 0.253 e. The van der Waals surface area contributed by atoms with Crippen LogP contribution in [-0.2, 0) is 19.1 Å². The van der Waals surface area contributed by atoms with Crippen LogP contribution in [0.4, 0.5) is 11.4 Å². The molecule has 3 heterocycles. The molecule has 6 atom stereocenters. The lowest BCUT2D eigenvalue weighted by molar-refractivity contribution is -0.143. The van der Waals surface area contributed by atoms with Crippen LogP contribution in [0, 0.1) is 25.7 Å². The van der Waals surface area contributed by atoms with Crippen molar-refractivity contribution >= 4 is 29.1 Å². The number of hydrogen-bond acceptors (Lipinski definition) is 5. The molecule has 0 aromatic heterocycles. The van der Waals surface area contributed by atoms with E-state index in [-0.39, 0.29) is 37.4 Å². The second-order valence-corrected chi connectivity index (χ2v) is 11.4. The molecule has 2 unspecified atom stereocenters. The molecule has 8 heteroatoms.